The molecule has 3 heteroatoms. The van der Waals surface area contributed by atoms with Crippen LogP contribution in [0.4, 0.5) is 0 Å². The molecule has 1 atom stereocenters. The molecule has 90 valence electrons. The van der Waals surface area contributed by atoms with Crippen molar-refractivity contribution in [1.82, 2.24) is 0 Å². The zero-order valence-corrected chi connectivity index (χ0v) is 10.3. The lowest BCUT2D eigenvalue weighted by atomic mass is 10.0. The Bertz CT molecular complexity index is 688. The molecule has 18 heavy (non-hydrogen) atoms. The van der Waals surface area contributed by atoms with Gasteiger partial charge in [0.05, 0.1) is 6.26 Å². The number of aliphatic hydroxyl groups excluding tert-OH is 1. The van der Waals surface area contributed by atoms with Crippen LogP contribution in [-0.2, 0) is 0 Å². The Morgan fingerprint density at radius 1 is 0.944 bits per heavy atom. The summed E-state index contributed by atoms with van der Waals surface area (Å²) >= 11 is 6.10. The van der Waals surface area contributed by atoms with Gasteiger partial charge in [0.25, 0.3) is 0 Å². The van der Waals surface area contributed by atoms with Gasteiger partial charge in [-0.3, -0.25) is 0 Å². The molecular formula is C15H11ClO2. The second-order valence-electron chi connectivity index (χ2n) is 4.11. The number of benzene rings is 2. The van der Waals surface area contributed by atoms with E-state index in [4.69, 9.17) is 16.0 Å². The van der Waals surface area contributed by atoms with Crippen LogP contribution in [0.15, 0.2) is 59.2 Å². The normalized spacial score (nSPS) is 12.8. The molecule has 0 spiro atoms. The molecule has 0 fully saturated rings. The van der Waals surface area contributed by atoms with Crippen LogP contribution < -0.4 is 0 Å². The van der Waals surface area contributed by atoms with Gasteiger partial charge < -0.3 is 9.52 Å². The average Bonchev–Trinajstić information content (AvgIpc) is 2.82. The molecule has 0 amide bonds. The lowest BCUT2D eigenvalue weighted by Crippen LogP contribution is -1.99. The number of fused-ring (bicyclic) bond motifs is 1. The van der Waals surface area contributed by atoms with Gasteiger partial charge in [0.2, 0.25) is 0 Å². The maximum absolute atomic E-state index is 10.4. The largest absolute Gasteiger partial charge is 0.464 e. The Kier molecular flexibility index (Phi) is 2.82. The minimum absolute atomic E-state index is 0.551. The Labute approximate surface area is 109 Å². The number of halogens is 1. The summed E-state index contributed by atoms with van der Waals surface area (Å²) < 4.78 is 5.43. The van der Waals surface area contributed by atoms with E-state index in [2.05, 4.69) is 0 Å². The first-order valence-corrected chi connectivity index (χ1v) is 6.04. The van der Waals surface area contributed by atoms with Crippen LogP contribution in [0.2, 0.25) is 5.02 Å². The highest BCUT2D eigenvalue weighted by Crippen LogP contribution is 2.33. The molecule has 1 heterocycles. The van der Waals surface area contributed by atoms with E-state index in [9.17, 15) is 5.11 Å². The van der Waals surface area contributed by atoms with Crippen LogP contribution in [0.25, 0.3) is 11.0 Å². The Morgan fingerprint density at radius 3 is 2.50 bits per heavy atom. The predicted octanol–water partition coefficient (Wildman–Crippen LogP) is 4.17. The first-order chi connectivity index (χ1) is 8.77. The third-order valence-corrected chi connectivity index (χ3v) is 3.35. The van der Waals surface area contributed by atoms with Crippen molar-refractivity contribution >= 4 is 22.6 Å². The van der Waals surface area contributed by atoms with Gasteiger partial charge in [0.1, 0.15) is 11.7 Å². The second-order valence-corrected chi connectivity index (χ2v) is 4.52. The van der Waals surface area contributed by atoms with Crippen molar-refractivity contribution in [3.63, 3.8) is 0 Å². The van der Waals surface area contributed by atoms with Crippen LogP contribution in [0.3, 0.4) is 0 Å². The topological polar surface area (TPSA) is 33.4 Å². The fourth-order valence-electron chi connectivity index (χ4n) is 2.07. The van der Waals surface area contributed by atoms with Gasteiger partial charge in [-0.05, 0) is 12.1 Å². The number of hydrogen-bond acceptors (Lipinski definition) is 2. The van der Waals surface area contributed by atoms with Crippen molar-refractivity contribution in [2.45, 2.75) is 6.10 Å². The Morgan fingerprint density at radius 2 is 1.67 bits per heavy atom. The Hall–Kier alpha value is -1.77. The molecule has 2 aromatic carbocycles. The van der Waals surface area contributed by atoms with E-state index in [0.29, 0.717) is 10.6 Å². The monoisotopic (exact) mass is 258 g/mol. The maximum Gasteiger partial charge on any atom is 0.134 e. The number of para-hydroxylation sites is 1. The summed E-state index contributed by atoms with van der Waals surface area (Å²) in [7, 11) is 0. The minimum Gasteiger partial charge on any atom is -0.464 e. The molecule has 0 saturated carbocycles. The zero-order chi connectivity index (χ0) is 12.5. The van der Waals surface area contributed by atoms with Crippen molar-refractivity contribution < 1.29 is 9.52 Å². The number of rotatable bonds is 2. The van der Waals surface area contributed by atoms with Gasteiger partial charge in [0.15, 0.2) is 0 Å². The molecule has 0 saturated heterocycles. The summed E-state index contributed by atoms with van der Waals surface area (Å²) in [5.41, 5.74) is 2.18. The van der Waals surface area contributed by atoms with Crippen molar-refractivity contribution in [2.24, 2.45) is 0 Å². The molecular weight excluding hydrogens is 248 g/mol. The summed E-state index contributed by atoms with van der Waals surface area (Å²) in [5, 5.41) is 11.9. The molecule has 0 aliphatic carbocycles. The van der Waals surface area contributed by atoms with Gasteiger partial charge in [-0.1, -0.05) is 48.0 Å². The van der Waals surface area contributed by atoms with Crippen molar-refractivity contribution in [1.29, 1.82) is 0 Å². The first-order valence-electron chi connectivity index (χ1n) is 5.66. The van der Waals surface area contributed by atoms with E-state index >= 15 is 0 Å². The smallest absolute Gasteiger partial charge is 0.134 e. The van der Waals surface area contributed by atoms with Gasteiger partial charge in [-0.2, -0.15) is 0 Å². The van der Waals surface area contributed by atoms with Gasteiger partial charge in [-0.25, -0.2) is 0 Å². The highest BCUT2D eigenvalue weighted by Gasteiger charge is 2.18. The third kappa shape index (κ3) is 1.80. The molecule has 0 bridgehead atoms. The highest BCUT2D eigenvalue weighted by molar-refractivity contribution is 6.31. The quantitative estimate of drug-likeness (QED) is 0.748. The molecule has 1 N–H and O–H groups in total. The molecule has 3 rings (SSSR count). The number of hydrogen-bond donors (Lipinski definition) is 1. The van der Waals surface area contributed by atoms with Crippen LogP contribution in [0.1, 0.15) is 17.2 Å². The van der Waals surface area contributed by atoms with Gasteiger partial charge >= 0.3 is 0 Å². The maximum atomic E-state index is 10.4. The molecule has 0 aliphatic rings. The molecule has 3 aromatic rings. The molecule has 1 aromatic heterocycles. The lowest BCUT2D eigenvalue weighted by Gasteiger charge is -2.11. The van der Waals surface area contributed by atoms with Crippen LogP contribution >= 0.6 is 11.6 Å². The summed E-state index contributed by atoms with van der Waals surface area (Å²) in [6.45, 7) is 0. The number of aliphatic hydroxyl groups is 1. The second kappa shape index (κ2) is 4.48. The average molecular weight is 259 g/mol. The zero-order valence-electron chi connectivity index (χ0n) is 9.51. The van der Waals surface area contributed by atoms with E-state index in [1.165, 1.54) is 0 Å². The fourth-order valence-corrected chi connectivity index (χ4v) is 2.31. The van der Waals surface area contributed by atoms with Crippen molar-refractivity contribution in [2.75, 3.05) is 0 Å². The van der Waals surface area contributed by atoms with Crippen molar-refractivity contribution in [3.8, 4) is 0 Å². The molecule has 2 nitrogen and oxygen atoms in total. The van der Waals surface area contributed by atoms with E-state index in [0.717, 1.165) is 16.5 Å². The first kappa shape index (κ1) is 11.3. The van der Waals surface area contributed by atoms with Crippen LogP contribution in [0, 0.1) is 0 Å². The lowest BCUT2D eigenvalue weighted by molar-refractivity contribution is 0.220. The van der Waals surface area contributed by atoms with Gasteiger partial charge in [-0.15, -0.1) is 0 Å². The fraction of sp³-hybridized carbons (Fsp3) is 0.0667. The molecule has 0 radical (unpaired) electrons. The van der Waals surface area contributed by atoms with E-state index in [1.54, 1.807) is 12.3 Å². The summed E-state index contributed by atoms with van der Waals surface area (Å²) in [5.74, 6) is 0. The van der Waals surface area contributed by atoms with Gasteiger partial charge in [0, 0.05) is 21.5 Å². The van der Waals surface area contributed by atoms with E-state index in [1.807, 2.05) is 42.5 Å². The van der Waals surface area contributed by atoms with Crippen molar-refractivity contribution in [3.05, 3.63) is 70.9 Å². The minimum atomic E-state index is -0.776. The summed E-state index contributed by atoms with van der Waals surface area (Å²) in [6, 6.07) is 14.9. The van der Waals surface area contributed by atoms with Crippen LogP contribution in [-0.4, -0.2) is 5.11 Å². The van der Waals surface area contributed by atoms with E-state index < -0.39 is 6.10 Å². The third-order valence-electron chi connectivity index (χ3n) is 3.01. The van der Waals surface area contributed by atoms with E-state index in [-0.39, 0.29) is 0 Å². The summed E-state index contributed by atoms with van der Waals surface area (Å²) in [6.07, 6.45) is 0.806. The standard InChI is InChI=1S/C15H11ClO2/c16-13-7-3-1-6-11(13)15(17)12-9-18-14-8-4-2-5-10(12)14/h1-9,15,17H. The highest BCUT2D eigenvalue weighted by atomic mass is 35.5. The molecule has 1 unspecified atom stereocenters. The number of furan rings is 1. The van der Waals surface area contributed by atoms with Crippen LogP contribution in [0.5, 0.6) is 0 Å². The Balaban J connectivity index is 2.13. The molecule has 0 aliphatic heterocycles. The predicted molar refractivity (Wildman–Crippen MR) is 71.7 cm³/mol. The SMILES string of the molecule is OC(c1ccccc1Cl)c1coc2ccccc12. The summed E-state index contributed by atoms with van der Waals surface area (Å²) in [4.78, 5) is 0.